The van der Waals surface area contributed by atoms with Crippen molar-refractivity contribution in [1.29, 1.82) is 0 Å². The number of H-pyrrole nitrogens is 1. The fourth-order valence-electron chi connectivity index (χ4n) is 2.58. The molecule has 0 fully saturated rings. The Bertz CT molecular complexity index is 993. The summed E-state index contributed by atoms with van der Waals surface area (Å²) < 4.78 is 5.33. The van der Waals surface area contributed by atoms with E-state index in [4.69, 9.17) is 4.42 Å². The molecule has 4 rings (SSSR count). The zero-order valence-electron chi connectivity index (χ0n) is 13.3. The van der Waals surface area contributed by atoms with E-state index in [1.165, 1.54) is 0 Å². The number of rotatable bonds is 5. The molecule has 7 nitrogen and oxygen atoms in total. The summed E-state index contributed by atoms with van der Waals surface area (Å²) in [5.41, 5.74) is 2.49. The average molecular weight is 333 g/mol. The van der Waals surface area contributed by atoms with Gasteiger partial charge in [-0.3, -0.25) is 9.78 Å². The van der Waals surface area contributed by atoms with Crippen LogP contribution in [-0.2, 0) is 6.42 Å². The number of fused-ring (bicyclic) bond motifs is 1. The lowest BCUT2D eigenvalue weighted by Gasteiger charge is -2.05. The van der Waals surface area contributed by atoms with Gasteiger partial charge in [-0.15, -0.1) is 0 Å². The lowest BCUT2D eigenvalue weighted by molar-refractivity contribution is 0.0955. The maximum absolute atomic E-state index is 12.5. The van der Waals surface area contributed by atoms with Gasteiger partial charge in [-0.1, -0.05) is 6.07 Å². The monoisotopic (exact) mass is 333 g/mol. The van der Waals surface area contributed by atoms with Crippen molar-refractivity contribution in [3.05, 3.63) is 66.3 Å². The zero-order valence-corrected chi connectivity index (χ0v) is 13.3. The Morgan fingerprint density at radius 1 is 1.12 bits per heavy atom. The van der Waals surface area contributed by atoms with Gasteiger partial charge < -0.3 is 14.7 Å². The Hall–Kier alpha value is -3.48. The smallest absolute Gasteiger partial charge is 0.253 e. The summed E-state index contributed by atoms with van der Waals surface area (Å²) in [6.07, 6.45) is 5.55. The van der Waals surface area contributed by atoms with Crippen LogP contribution in [0.15, 0.2) is 59.5 Å². The third kappa shape index (κ3) is 3.12. The van der Waals surface area contributed by atoms with Crippen molar-refractivity contribution < 1.29 is 9.21 Å². The SMILES string of the molecule is O=C(NCCc1ccccn1)c1ccnc2nc(-c3ccco3)[nH]c12. The van der Waals surface area contributed by atoms with Crippen LogP contribution in [-0.4, -0.2) is 32.4 Å². The first-order valence-corrected chi connectivity index (χ1v) is 7.88. The molecular weight excluding hydrogens is 318 g/mol. The van der Waals surface area contributed by atoms with E-state index < -0.39 is 0 Å². The first-order chi connectivity index (χ1) is 12.3. The minimum Gasteiger partial charge on any atom is -0.461 e. The molecule has 4 aromatic rings. The highest BCUT2D eigenvalue weighted by Crippen LogP contribution is 2.21. The second kappa shape index (κ2) is 6.56. The summed E-state index contributed by atoms with van der Waals surface area (Å²) in [7, 11) is 0. The van der Waals surface area contributed by atoms with Crippen LogP contribution in [0.25, 0.3) is 22.7 Å². The fraction of sp³-hybridized carbons (Fsp3) is 0.111. The van der Waals surface area contributed by atoms with Gasteiger partial charge in [-0.2, -0.15) is 0 Å². The summed E-state index contributed by atoms with van der Waals surface area (Å²) in [5.74, 6) is 0.957. The standard InChI is InChI=1S/C18H15N5O2/c24-18(21-9-6-12-4-1-2-8-19-12)13-7-10-20-17-15(13)22-16(23-17)14-5-3-11-25-14/h1-5,7-8,10-11H,6,9H2,(H,21,24)(H,20,22,23). The number of hydrogen-bond acceptors (Lipinski definition) is 5. The molecular formula is C18H15N5O2. The van der Waals surface area contributed by atoms with E-state index in [0.717, 1.165) is 5.69 Å². The van der Waals surface area contributed by atoms with Crippen LogP contribution in [0.4, 0.5) is 0 Å². The summed E-state index contributed by atoms with van der Waals surface area (Å²) in [6.45, 7) is 0.499. The van der Waals surface area contributed by atoms with E-state index in [-0.39, 0.29) is 5.91 Å². The van der Waals surface area contributed by atoms with Crippen LogP contribution < -0.4 is 5.32 Å². The van der Waals surface area contributed by atoms with E-state index in [1.54, 1.807) is 36.9 Å². The predicted molar refractivity (Wildman–Crippen MR) is 91.9 cm³/mol. The van der Waals surface area contributed by atoms with Crippen LogP contribution in [0.2, 0.25) is 0 Å². The lowest BCUT2D eigenvalue weighted by atomic mass is 10.2. The van der Waals surface area contributed by atoms with Crippen molar-refractivity contribution in [1.82, 2.24) is 25.3 Å². The molecule has 124 valence electrons. The van der Waals surface area contributed by atoms with Crippen LogP contribution in [0.1, 0.15) is 16.1 Å². The van der Waals surface area contributed by atoms with Gasteiger partial charge in [0.2, 0.25) is 0 Å². The van der Waals surface area contributed by atoms with E-state index in [0.29, 0.717) is 41.3 Å². The molecule has 0 spiro atoms. The molecule has 0 aliphatic carbocycles. The summed E-state index contributed by atoms with van der Waals surface area (Å²) in [6, 6.07) is 11.0. The molecule has 0 saturated carbocycles. The number of aromatic amines is 1. The number of aromatic nitrogens is 4. The molecule has 4 heterocycles. The third-order valence-corrected chi connectivity index (χ3v) is 3.78. The Morgan fingerprint density at radius 2 is 2.08 bits per heavy atom. The van der Waals surface area contributed by atoms with Gasteiger partial charge in [0, 0.05) is 31.1 Å². The maximum atomic E-state index is 12.5. The molecule has 7 heteroatoms. The molecule has 0 unspecified atom stereocenters. The van der Waals surface area contributed by atoms with Gasteiger partial charge in [0.1, 0.15) is 0 Å². The highest BCUT2D eigenvalue weighted by atomic mass is 16.3. The van der Waals surface area contributed by atoms with Gasteiger partial charge in [-0.25, -0.2) is 9.97 Å². The number of nitrogens with zero attached hydrogens (tertiary/aromatic N) is 3. The molecule has 0 bridgehead atoms. The number of amides is 1. The first kappa shape index (κ1) is 15.1. The highest BCUT2D eigenvalue weighted by Gasteiger charge is 2.15. The minimum atomic E-state index is -0.182. The molecule has 0 aromatic carbocycles. The van der Waals surface area contributed by atoms with Crippen molar-refractivity contribution in [2.75, 3.05) is 6.54 Å². The van der Waals surface area contributed by atoms with E-state index in [9.17, 15) is 4.79 Å². The number of carbonyl (C=O) groups excluding carboxylic acids is 1. The van der Waals surface area contributed by atoms with Gasteiger partial charge in [-0.05, 0) is 30.3 Å². The molecule has 2 N–H and O–H groups in total. The number of nitrogens with one attached hydrogen (secondary N) is 2. The summed E-state index contributed by atoms with van der Waals surface area (Å²) in [4.78, 5) is 28.5. The van der Waals surface area contributed by atoms with Crippen LogP contribution in [0, 0.1) is 0 Å². The second-order valence-electron chi connectivity index (χ2n) is 5.45. The number of imidazole rings is 1. The lowest BCUT2D eigenvalue weighted by Crippen LogP contribution is -2.26. The number of pyridine rings is 2. The van der Waals surface area contributed by atoms with E-state index in [1.807, 2.05) is 18.2 Å². The molecule has 25 heavy (non-hydrogen) atoms. The van der Waals surface area contributed by atoms with Crippen molar-refractivity contribution in [3.8, 4) is 11.6 Å². The van der Waals surface area contributed by atoms with Gasteiger partial charge >= 0.3 is 0 Å². The summed E-state index contributed by atoms with van der Waals surface area (Å²) >= 11 is 0. The Balaban J connectivity index is 1.53. The maximum Gasteiger partial charge on any atom is 0.253 e. The molecule has 0 aliphatic heterocycles. The number of furan rings is 1. The van der Waals surface area contributed by atoms with Crippen molar-refractivity contribution >= 4 is 17.1 Å². The minimum absolute atomic E-state index is 0.182. The van der Waals surface area contributed by atoms with Crippen molar-refractivity contribution in [2.24, 2.45) is 0 Å². The normalized spacial score (nSPS) is 10.9. The molecule has 0 radical (unpaired) electrons. The van der Waals surface area contributed by atoms with Crippen molar-refractivity contribution in [3.63, 3.8) is 0 Å². The molecule has 0 aliphatic rings. The largest absolute Gasteiger partial charge is 0.461 e. The zero-order chi connectivity index (χ0) is 17.1. The average Bonchev–Trinajstić information content (AvgIpc) is 3.31. The predicted octanol–water partition coefficient (Wildman–Crippen LogP) is 2.59. The second-order valence-corrected chi connectivity index (χ2v) is 5.45. The molecule has 1 amide bonds. The van der Waals surface area contributed by atoms with Gasteiger partial charge in [0.05, 0.1) is 17.3 Å². The molecule has 0 saturated heterocycles. The topological polar surface area (TPSA) is 96.7 Å². The quantitative estimate of drug-likeness (QED) is 0.585. The van der Waals surface area contributed by atoms with Crippen LogP contribution in [0.3, 0.4) is 0 Å². The van der Waals surface area contributed by atoms with Crippen LogP contribution in [0.5, 0.6) is 0 Å². The Kier molecular flexibility index (Phi) is 3.96. The number of hydrogen-bond donors (Lipinski definition) is 2. The van der Waals surface area contributed by atoms with Gasteiger partial charge in [0.15, 0.2) is 17.2 Å². The van der Waals surface area contributed by atoms with Crippen LogP contribution >= 0.6 is 0 Å². The fourth-order valence-corrected chi connectivity index (χ4v) is 2.58. The Labute approximate surface area is 143 Å². The summed E-state index contributed by atoms with van der Waals surface area (Å²) in [5, 5.41) is 2.91. The van der Waals surface area contributed by atoms with E-state index >= 15 is 0 Å². The Morgan fingerprint density at radius 3 is 2.88 bits per heavy atom. The van der Waals surface area contributed by atoms with Gasteiger partial charge in [0.25, 0.3) is 5.91 Å². The van der Waals surface area contributed by atoms with E-state index in [2.05, 4.69) is 25.3 Å². The highest BCUT2D eigenvalue weighted by molar-refractivity contribution is 6.04. The molecule has 4 aromatic heterocycles. The first-order valence-electron chi connectivity index (χ1n) is 7.88. The third-order valence-electron chi connectivity index (χ3n) is 3.78. The van der Waals surface area contributed by atoms with Crippen molar-refractivity contribution in [2.45, 2.75) is 6.42 Å². The number of carbonyl (C=O) groups is 1. The molecule has 0 atom stereocenters.